The van der Waals surface area contributed by atoms with E-state index in [-0.39, 0.29) is 11.7 Å². The Bertz CT molecular complexity index is 212. The predicted molar refractivity (Wildman–Crippen MR) is 50.5 cm³/mol. The molecule has 1 heterocycles. The van der Waals surface area contributed by atoms with Gasteiger partial charge in [0.25, 0.3) is 0 Å². The Labute approximate surface area is 79.7 Å². The Morgan fingerprint density at radius 3 is 2.77 bits per heavy atom. The van der Waals surface area contributed by atoms with Gasteiger partial charge in [-0.15, -0.1) is 0 Å². The molecule has 3 atom stereocenters. The van der Waals surface area contributed by atoms with E-state index in [0.717, 1.165) is 32.1 Å². The molecule has 1 aliphatic heterocycles. The van der Waals surface area contributed by atoms with Crippen LogP contribution in [0.5, 0.6) is 0 Å². The van der Waals surface area contributed by atoms with Crippen molar-refractivity contribution in [3.05, 3.63) is 0 Å². The molecular weight excluding hydrogens is 164 g/mol. The molecule has 1 aliphatic carbocycles. The van der Waals surface area contributed by atoms with Crippen molar-refractivity contribution in [1.29, 1.82) is 0 Å². The lowest BCUT2D eigenvalue weighted by atomic mass is 9.83. The molecule has 2 nitrogen and oxygen atoms in total. The fourth-order valence-corrected chi connectivity index (χ4v) is 2.94. The minimum Gasteiger partial charge on any atom is -0.364 e. The predicted octanol–water partition coefficient (Wildman–Crippen LogP) is 2.31. The van der Waals surface area contributed by atoms with Gasteiger partial charge in [-0.3, -0.25) is 4.79 Å². The molecule has 0 radical (unpaired) electrons. The molecule has 74 valence electrons. The second kappa shape index (κ2) is 3.09. The van der Waals surface area contributed by atoms with Gasteiger partial charge in [-0.05, 0) is 38.5 Å². The largest absolute Gasteiger partial charge is 0.364 e. The van der Waals surface area contributed by atoms with Gasteiger partial charge in [0.15, 0.2) is 5.78 Å². The molecule has 2 rings (SSSR count). The summed E-state index contributed by atoms with van der Waals surface area (Å²) in [4.78, 5) is 11.7. The zero-order valence-corrected chi connectivity index (χ0v) is 8.51. The summed E-state index contributed by atoms with van der Waals surface area (Å²) in [5, 5.41) is 0. The summed E-state index contributed by atoms with van der Waals surface area (Å²) in [6, 6.07) is 0. The molecule has 0 amide bonds. The summed E-state index contributed by atoms with van der Waals surface area (Å²) in [5.74, 6) is 0.997. The molecule has 0 unspecified atom stereocenters. The molecule has 0 aromatic carbocycles. The molecule has 0 N–H and O–H groups in total. The number of ether oxygens (including phenoxy) is 1. The van der Waals surface area contributed by atoms with Gasteiger partial charge in [0, 0.05) is 6.42 Å². The quantitative estimate of drug-likeness (QED) is 0.574. The molecule has 1 saturated carbocycles. The number of hydrogen-bond donors (Lipinski definition) is 0. The average molecular weight is 182 g/mol. The van der Waals surface area contributed by atoms with Crippen LogP contribution in [-0.2, 0) is 9.53 Å². The number of rotatable bonds is 0. The Hall–Kier alpha value is -0.370. The lowest BCUT2D eigenvalue weighted by Crippen LogP contribution is -2.45. The highest BCUT2D eigenvalue weighted by Crippen LogP contribution is 2.41. The monoisotopic (exact) mass is 182 g/mol. The molecule has 0 aromatic rings. The zero-order chi connectivity index (χ0) is 9.47. The summed E-state index contributed by atoms with van der Waals surface area (Å²) in [6.45, 7) is 4.31. The molecule has 2 fully saturated rings. The van der Waals surface area contributed by atoms with Crippen molar-refractivity contribution in [2.75, 3.05) is 0 Å². The lowest BCUT2D eigenvalue weighted by molar-refractivity contribution is -0.162. The highest BCUT2D eigenvalue weighted by Gasteiger charge is 2.47. The smallest absolute Gasteiger partial charge is 0.164 e. The SMILES string of the molecule is C[C@@H]1C[C@H](C)O[C@]2(CCCC2=O)C1. The van der Waals surface area contributed by atoms with Crippen LogP contribution in [0.25, 0.3) is 0 Å². The zero-order valence-electron chi connectivity index (χ0n) is 8.51. The van der Waals surface area contributed by atoms with E-state index in [9.17, 15) is 4.79 Å². The van der Waals surface area contributed by atoms with E-state index in [1.807, 2.05) is 0 Å². The molecule has 0 aromatic heterocycles. The second-order valence-electron chi connectivity index (χ2n) is 4.74. The van der Waals surface area contributed by atoms with E-state index in [1.54, 1.807) is 0 Å². The van der Waals surface area contributed by atoms with Crippen molar-refractivity contribution in [2.24, 2.45) is 5.92 Å². The topological polar surface area (TPSA) is 26.3 Å². The molecule has 1 spiro atoms. The van der Waals surface area contributed by atoms with Crippen molar-refractivity contribution >= 4 is 5.78 Å². The summed E-state index contributed by atoms with van der Waals surface area (Å²) >= 11 is 0. The van der Waals surface area contributed by atoms with Crippen molar-refractivity contribution in [3.63, 3.8) is 0 Å². The van der Waals surface area contributed by atoms with E-state index in [2.05, 4.69) is 13.8 Å². The van der Waals surface area contributed by atoms with Crippen LogP contribution < -0.4 is 0 Å². The van der Waals surface area contributed by atoms with Crippen molar-refractivity contribution in [2.45, 2.75) is 57.7 Å². The molecular formula is C11H18O2. The molecule has 1 saturated heterocycles. The molecule has 2 aliphatic rings. The van der Waals surface area contributed by atoms with Crippen LogP contribution >= 0.6 is 0 Å². The Kier molecular flexibility index (Phi) is 2.18. The number of ketones is 1. The normalized spacial score (nSPS) is 45.8. The maximum absolute atomic E-state index is 11.7. The maximum Gasteiger partial charge on any atom is 0.164 e. The van der Waals surface area contributed by atoms with Crippen LogP contribution in [0.2, 0.25) is 0 Å². The second-order valence-corrected chi connectivity index (χ2v) is 4.74. The summed E-state index contributed by atoms with van der Waals surface area (Å²) < 4.78 is 5.87. The minimum absolute atomic E-state index is 0.269. The van der Waals surface area contributed by atoms with Crippen LogP contribution in [0, 0.1) is 5.92 Å². The van der Waals surface area contributed by atoms with Gasteiger partial charge in [0.1, 0.15) is 5.60 Å². The first-order valence-corrected chi connectivity index (χ1v) is 5.33. The lowest BCUT2D eigenvalue weighted by Gasteiger charge is -2.39. The average Bonchev–Trinajstić information content (AvgIpc) is 2.30. The Balaban J connectivity index is 2.16. The number of Topliss-reactive ketones (excluding diaryl/α,β-unsaturated/α-hetero) is 1. The van der Waals surface area contributed by atoms with Crippen LogP contribution in [-0.4, -0.2) is 17.5 Å². The standard InChI is InChI=1S/C11H18O2/c1-8-6-9(2)13-11(7-8)5-3-4-10(11)12/h8-9H,3-7H2,1-2H3/t8-,9+,11-/m1/s1. The number of hydrogen-bond acceptors (Lipinski definition) is 2. The molecule has 13 heavy (non-hydrogen) atoms. The fraction of sp³-hybridized carbons (Fsp3) is 0.909. The van der Waals surface area contributed by atoms with Crippen molar-refractivity contribution in [1.82, 2.24) is 0 Å². The van der Waals surface area contributed by atoms with Gasteiger partial charge in [0.05, 0.1) is 6.10 Å². The number of carbonyl (C=O) groups is 1. The first-order chi connectivity index (χ1) is 6.12. The highest BCUT2D eigenvalue weighted by atomic mass is 16.5. The van der Waals surface area contributed by atoms with Crippen LogP contribution in [0.15, 0.2) is 0 Å². The third-order valence-electron chi connectivity index (χ3n) is 3.33. The fourth-order valence-electron chi connectivity index (χ4n) is 2.94. The first kappa shape index (κ1) is 9.20. The van der Waals surface area contributed by atoms with E-state index in [0.29, 0.717) is 11.7 Å². The van der Waals surface area contributed by atoms with Gasteiger partial charge in [-0.2, -0.15) is 0 Å². The van der Waals surface area contributed by atoms with E-state index in [4.69, 9.17) is 4.74 Å². The van der Waals surface area contributed by atoms with Gasteiger partial charge in [-0.1, -0.05) is 6.92 Å². The van der Waals surface area contributed by atoms with Crippen LogP contribution in [0.3, 0.4) is 0 Å². The van der Waals surface area contributed by atoms with Gasteiger partial charge in [-0.25, -0.2) is 0 Å². The Morgan fingerprint density at radius 1 is 1.46 bits per heavy atom. The van der Waals surface area contributed by atoms with E-state index >= 15 is 0 Å². The van der Waals surface area contributed by atoms with Gasteiger partial charge >= 0.3 is 0 Å². The summed E-state index contributed by atoms with van der Waals surface area (Å²) in [6.07, 6.45) is 5.05. The van der Waals surface area contributed by atoms with Gasteiger partial charge in [0.2, 0.25) is 0 Å². The van der Waals surface area contributed by atoms with E-state index in [1.165, 1.54) is 0 Å². The van der Waals surface area contributed by atoms with Crippen LogP contribution in [0.1, 0.15) is 46.0 Å². The van der Waals surface area contributed by atoms with Crippen molar-refractivity contribution < 1.29 is 9.53 Å². The third kappa shape index (κ3) is 1.52. The van der Waals surface area contributed by atoms with Gasteiger partial charge < -0.3 is 4.74 Å². The molecule has 0 bridgehead atoms. The summed E-state index contributed by atoms with van der Waals surface area (Å²) in [7, 11) is 0. The van der Waals surface area contributed by atoms with E-state index < -0.39 is 0 Å². The maximum atomic E-state index is 11.7. The van der Waals surface area contributed by atoms with Crippen molar-refractivity contribution in [3.8, 4) is 0 Å². The Morgan fingerprint density at radius 2 is 2.23 bits per heavy atom. The number of carbonyl (C=O) groups excluding carboxylic acids is 1. The first-order valence-electron chi connectivity index (χ1n) is 5.33. The summed E-state index contributed by atoms with van der Waals surface area (Å²) in [5.41, 5.74) is -0.364. The van der Waals surface area contributed by atoms with Crippen LogP contribution in [0.4, 0.5) is 0 Å². The highest BCUT2D eigenvalue weighted by molar-refractivity contribution is 5.89. The third-order valence-corrected chi connectivity index (χ3v) is 3.33. The minimum atomic E-state index is -0.364. The molecule has 2 heteroatoms.